The molecule has 38 heavy (non-hydrogen) atoms. The number of aromatic hydroxyl groups is 1. The lowest BCUT2D eigenvalue weighted by atomic mass is 9.89. The molecule has 0 saturated carbocycles. The Kier molecular flexibility index (Phi) is 8.51. The second-order valence-corrected chi connectivity index (χ2v) is 10.2. The summed E-state index contributed by atoms with van der Waals surface area (Å²) in [6.07, 6.45) is 5.18. The molecule has 10 heteroatoms. The highest BCUT2D eigenvalue weighted by Crippen LogP contribution is 2.38. The van der Waals surface area contributed by atoms with Crippen LogP contribution in [0, 0.1) is 0 Å². The smallest absolute Gasteiger partial charge is 0.318 e. The molecule has 3 N–H and O–H groups in total. The van der Waals surface area contributed by atoms with Gasteiger partial charge in [-0.2, -0.15) is 9.97 Å². The van der Waals surface area contributed by atoms with Crippen LogP contribution in [0.25, 0.3) is 0 Å². The highest BCUT2D eigenvalue weighted by molar-refractivity contribution is 6.05. The number of benzene rings is 1. The molecule has 3 heterocycles. The number of amides is 1. The number of likely N-dealkylation sites (N-methyl/N-ethyl adjacent to an activating group) is 2. The van der Waals surface area contributed by atoms with Crippen molar-refractivity contribution < 1.29 is 14.6 Å². The van der Waals surface area contributed by atoms with Crippen molar-refractivity contribution in [2.24, 2.45) is 10.7 Å². The highest BCUT2D eigenvalue weighted by Gasteiger charge is 2.32. The third kappa shape index (κ3) is 5.91. The van der Waals surface area contributed by atoms with Crippen LogP contribution in [0.15, 0.2) is 35.0 Å². The van der Waals surface area contributed by atoms with Crippen molar-refractivity contribution in [3.05, 3.63) is 52.4 Å². The number of phenolic OH excluding ortho intramolecular Hbond substituents is 1. The first-order valence-corrected chi connectivity index (χ1v) is 13.1. The Morgan fingerprint density at radius 2 is 2.08 bits per heavy atom. The van der Waals surface area contributed by atoms with Gasteiger partial charge in [0.2, 0.25) is 0 Å². The van der Waals surface area contributed by atoms with Crippen LogP contribution in [0.3, 0.4) is 0 Å². The third-order valence-corrected chi connectivity index (χ3v) is 7.10. The van der Waals surface area contributed by atoms with Crippen LogP contribution < -0.4 is 15.4 Å². The number of anilines is 1. The minimum Gasteiger partial charge on any atom is -0.508 e. The average molecular weight is 522 g/mol. The number of carbonyl (C=O) groups excluding carboxylic acids is 1. The maximum atomic E-state index is 12.3. The zero-order chi connectivity index (χ0) is 27.4. The van der Waals surface area contributed by atoms with Crippen LogP contribution >= 0.6 is 0 Å². The third-order valence-electron chi connectivity index (χ3n) is 7.10. The predicted octanol–water partition coefficient (Wildman–Crippen LogP) is 2.45. The van der Waals surface area contributed by atoms with Crippen molar-refractivity contribution in [3.8, 4) is 11.8 Å². The van der Waals surface area contributed by atoms with Gasteiger partial charge in [-0.15, -0.1) is 0 Å². The number of aromatic nitrogens is 2. The average Bonchev–Trinajstić information content (AvgIpc) is 3.13. The zero-order valence-corrected chi connectivity index (χ0v) is 23.1. The second-order valence-electron chi connectivity index (χ2n) is 10.2. The minimum atomic E-state index is -0.244. The van der Waals surface area contributed by atoms with Crippen LogP contribution in [-0.2, 0) is 24.2 Å². The Balaban J connectivity index is 1.69. The molecule has 4 rings (SSSR count). The number of hydrogen-bond donors (Lipinski definition) is 2. The second kappa shape index (κ2) is 11.8. The Labute approximate surface area is 224 Å². The van der Waals surface area contributed by atoms with Crippen LogP contribution in [-0.4, -0.2) is 84.4 Å². The van der Waals surface area contributed by atoms with E-state index in [9.17, 15) is 9.90 Å². The van der Waals surface area contributed by atoms with Gasteiger partial charge in [-0.3, -0.25) is 14.7 Å². The fourth-order valence-corrected chi connectivity index (χ4v) is 5.19. The molecule has 1 atom stereocenters. The van der Waals surface area contributed by atoms with Crippen molar-refractivity contribution in [2.75, 3.05) is 52.8 Å². The summed E-state index contributed by atoms with van der Waals surface area (Å²) in [5, 5.41) is 10.3. The molecule has 2 aliphatic heterocycles. The summed E-state index contributed by atoms with van der Waals surface area (Å²) in [5.41, 5.74) is 11.4. The molecule has 1 amide bonds. The number of phenols is 1. The lowest BCUT2D eigenvalue weighted by molar-refractivity contribution is -0.124. The van der Waals surface area contributed by atoms with E-state index in [4.69, 9.17) is 20.4 Å². The fraction of sp³-hybridized carbons (Fsp3) is 0.500. The van der Waals surface area contributed by atoms with Gasteiger partial charge in [0, 0.05) is 51.8 Å². The first-order valence-electron chi connectivity index (χ1n) is 13.1. The topological polar surface area (TPSA) is 120 Å². The number of ether oxygens (including phenoxy) is 1. The lowest BCUT2D eigenvalue weighted by Gasteiger charge is -2.37. The van der Waals surface area contributed by atoms with Gasteiger partial charge >= 0.3 is 6.01 Å². The minimum absolute atomic E-state index is 0.0737. The number of aliphatic imine (C=N–C) groups is 1. The van der Waals surface area contributed by atoms with Crippen molar-refractivity contribution in [1.82, 2.24) is 19.8 Å². The first kappa shape index (κ1) is 27.4. The summed E-state index contributed by atoms with van der Waals surface area (Å²) in [4.78, 5) is 32.5. The van der Waals surface area contributed by atoms with E-state index < -0.39 is 0 Å². The van der Waals surface area contributed by atoms with Gasteiger partial charge in [0.25, 0.3) is 5.91 Å². The number of nitrogens with zero attached hydrogens (tertiary/aromatic N) is 6. The monoisotopic (exact) mass is 521 g/mol. The number of methoxy groups -OCH3 is 1. The van der Waals surface area contributed by atoms with Crippen molar-refractivity contribution >= 4 is 17.4 Å². The van der Waals surface area contributed by atoms with Crippen LogP contribution in [0.2, 0.25) is 0 Å². The molecule has 1 unspecified atom stereocenters. The summed E-state index contributed by atoms with van der Waals surface area (Å²) in [6, 6.07) is 6.08. The lowest BCUT2D eigenvalue weighted by Crippen LogP contribution is -2.37. The molecule has 0 bridgehead atoms. The molecule has 2 aliphatic rings. The quantitative estimate of drug-likeness (QED) is 0.533. The van der Waals surface area contributed by atoms with E-state index in [1.54, 1.807) is 33.3 Å². The molecule has 10 nitrogen and oxygen atoms in total. The van der Waals surface area contributed by atoms with Crippen molar-refractivity contribution in [3.63, 3.8) is 0 Å². The highest BCUT2D eigenvalue weighted by atomic mass is 16.5. The molecule has 0 aliphatic carbocycles. The molecular weight excluding hydrogens is 482 g/mol. The molecule has 1 aromatic carbocycles. The van der Waals surface area contributed by atoms with E-state index in [0.717, 1.165) is 54.2 Å². The Bertz CT molecular complexity index is 1240. The van der Waals surface area contributed by atoms with Crippen LogP contribution in [0.1, 0.15) is 48.2 Å². The summed E-state index contributed by atoms with van der Waals surface area (Å²) < 4.78 is 5.53. The SMILES string of the molecule is CCCc1ccc(O)cc1C1Cc2nc(OC)nc(N3CCCN=C(/C=C(\N)C(=O)N(C)C)C3)c2CN1C. The normalized spacial score (nSPS) is 18.4. The van der Waals surface area contributed by atoms with E-state index in [1.165, 1.54) is 10.5 Å². The van der Waals surface area contributed by atoms with Crippen LogP contribution in [0.5, 0.6) is 11.8 Å². The van der Waals surface area contributed by atoms with E-state index in [-0.39, 0.29) is 23.4 Å². The molecule has 1 aromatic heterocycles. The maximum absolute atomic E-state index is 12.3. The van der Waals surface area contributed by atoms with Crippen LogP contribution in [0.4, 0.5) is 5.82 Å². The Hall–Kier alpha value is -3.66. The molecule has 0 spiro atoms. The summed E-state index contributed by atoms with van der Waals surface area (Å²) in [7, 11) is 7.04. The van der Waals surface area contributed by atoms with Gasteiger partial charge < -0.3 is 25.4 Å². The largest absolute Gasteiger partial charge is 0.508 e. The zero-order valence-electron chi connectivity index (χ0n) is 23.1. The number of carbonyl (C=O) groups is 1. The standard InChI is InChI=1S/C28H39N7O3/c1-6-8-18-9-10-20(36)14-21(18)25-15-24-22(17-34(25)4)26(32-28(31-24)38-5)35-12-7-11-30-19(16-35)13-23(29)27(37)33(2)3/h9-10,13-14,25,36H,6-8,11-12,15-17,29H2,1-5H3/b23-13-. The molecule has 204 valence electrons. The Morgan fingerprint density at radius 1 is 1.29 bits per heavy atom. The molecule has 0 saturated heterocycles. The van der Waals surface area contributed by atoms with E-state index in [0.29, 0.717) is 32.1 Å². The van der Waals surface area contributed by atoms with Crippen molar-refractivity contribution in [1.29, 1.82) is 0 Å². The summed E-state index contributed by atoms with van der Waals surface area (Å²) >= 11 is 0. The molecular formula is C28H39N7O3. The van der Waals surface area contributed by atoms with Crippen molar-refractivity contribution in [2.45, 2.75) is 45.2 Å². The van der Waals surface area contributed by atoms with E-state index in [1.807, 2.05) is 12.1 Å². The van der Waals surface area contributed by atoms with Gasteiger partial charge in [0.1, 0.15) is 11.6 Å². The summed E-state index contributed by atoms with van der Waals surface area (Å²) in [6.45, 7) is 4.71. The number of hydrogen-bond acceptors (Lipinski definition) is 9. The van der Waals surface area contributed by atoms with E-state index in [2.05, 4.69) is 28.8 Å². The van der Waals surface area contributed by atoms with Gasteiger partial charge in [-0.05, 0) is 49.2 Å². The van der Waals surface area contributed by atoms with Gasteiger partial charge in [0.15, 0.2) is 0 Å². The number of aryl methyl sites for hydroxylation is 1. The maximum Gasteiger partial charge on any atom is 0.318 e. The van der Waals surface area contributed by atoms with Gasteiger partial charge in [-0.25, -0.2) is 0 Å². The molecule has 0 fully saturated rings. The molecule has 2 aromatic rings. The fourth-order valence-electron chi connectivity index (χ4n) is 5.19. The molecule has 0 radical (unpaired) electrons. The van der Waals surface area contributed by atoms with E-state index >= 15 is 0 Å². The first-order chi connectivity index (χ1) is 18.2. The van der Waals surface area contributed by atoms with Gasteiger partial charge in [-0.1, -0.05) is 19.4 Å². The number of fused-ring (bicyclic) bond motifs is 1. The Morgan fingerprint density at radius 3 is 2.79 bits per heavy atom. The predicted molar refractivity (Wildman–Crippen MR) is 149 cm³/mol. The van der Waals surface area contributed by atoms with Gasteiger partial charge in [0.05, 0.1) is 30.8 Å². The summed E-state index contributed by atoms with van der Waals surface area (Å²) in [5.74, 6) is 0.852. The number of nitrogens with two attached hydrogens (primary N) is 1. The number of rotatable bonds is 7.